The van der Waals surface area contributed by atoms with Gasteiger partial charge in [-0.3, -0.25) is 0 Å². The molecule has 0 aromatic heterocycles. The number of nitrogens with zero attached hydrogens (tertiary/aromatic N) is 1. The monoisotopic (exact) mass is 162 g/mol. The largest absolute Gasteiger partial charge is 0.399 e. The van der Waals surface area contributed by atoms with Crippen LogP contribution in [0.5, 0.6) is 0 Å². The zero-order valence-corrected chi connectivity index (χ0v) is 7.33. The molecule has 2 nitrogen and oxygen atoms in total. The Morgan fingerprint density at radius 2 is 1.92 bits per heavy atom. The molecule has 2 heteroatoms. The summed E-state index contributed by atoms with van der Waals surface area (Å²) in [5.74, 6) is 0. The van der Waals surface area contributed by atoms with Crippen molar-refractivity contribution < 1.29 is 0 Å². The van der Waals surface area contributed by atoms with Crippen LogP contribution < -0.4 is 5.73 Å². The van der Waals surface area contributed by atoms with Crippen molar-refractivity contribution >= 4 is 5.69 Å². The average Bonchev–Trinajstić information content (AvgIpc) is 2.08. The lowest BCUT2D eigenvalue weighted by Gasteiger charge is -1.83. The van der Waals surface area contributed by atoms with Crippen LogP contribution >= 0.6 is 0 Å². The number of rotatable bonds is 1. The van der Waals surface area contributed by atoms with Crippen molar-refractivity contribution in [2.75, 3.05) is 5.73 Å². The summed E-state index contributed by atoms with van der Waals surface area (Å²) in [5, 5.41) is 7.82. The molecule has 0 heterocycles. The summed E-state index contributed by atoms with van der Waals surface area (Å²) in [7, 11) is 0. The molecule has 1 aromatic rings. The zero-order valence-electron chi connectivity index (χ0n) is 7.33. The molecule has 0 aliphatic carbocycles. The predicted molar refractivity (Wildman–Crippen MR) is 51.4 cm³/mol. The summed E-state index contributed by atoms with van der Waals surface area (Å²) in [5.41, 5.74) is 6.18. The molecule has 1 rings (SSSR count). The number of nitrogen functional groups attached to an aromatic ring is 1. The first kappa shape index (κ1) is 10.5. The molecule has 0 aliphatic rings. The molecule has 0 bridgehead atoms. The lowest BCUT2D eigenvalue weighted by atomic mass is 10.3. The van der Waals surface area contributed by atoms with Gasteiger partial charge in [-0.15, -0.1) is 0 Å². The Kier molecular flexibility index (Phi) is 6.67. The van der Waals surface area contributed by atoms with Crippen LogP contribution in [0.4, 0.5) is 5.69 Å². The van der Waals surface area contributed by atoms with E-state index in [9.17, 15) is 0 Å². The zero-order chi connectivity index (χ0) is 9.23. The van der Waals surface area contributed by atoms with Gasteiger partial charge in [-0.2, -0.15) is 5.26 Å². The van der Waals surface area contributed by atoms with Crippen LogP contribution in [0.3, 0.4) is 0 Å². The molecule has 0 spiro atoms. The van der Waals surface area contributed by atoms with Crippen LogP contribution in [-0.4, -0.2) is 0 Å². The van der Waals surface area contributed by atoms with Crippen LogP contribution in [0.1, 0.15) is 19.8 Å². The predicted octanol–water partition coefficient (Wildman–Crippen LogP) is 2.58. The maximum atomic E-state index is 7.82. The number of unbranched alkanes of at least 4 members (excludes halogenated alkanes) is 1. The molecule has 0 saturated heterocycles. The fourth-order valence-corrected chi connectivity index (χ4v) is 0.565. The van der Waals surface area contributed by atoms with Crippen LogP contribution in [0.15, 0.2) is 30.3 Å². The van der Waals surface area contributed by atoms with Gasteiger partial charge >= 0.3 is 0 Å². The van der Waals surface area contributed by atoms with Crippen molar-refractivity contribution in [2.24, 2.45) is 0 Å². The van der Waals surface area contributed by atoms with E-state index in [1.165, 1.54) is 0 Å². The molecule has 0 radical (unpaired) electrons. The van der Waals surface area contributed by atoms with E-state index in [1.54, 1.807) is 0 Å². The molecule has 64 valence electrons. The van der Waals surface area contributed by atoms with Crippen LogP contribution in [0.25, 0.3) is 0 Å². The van der Waals surface area contributed by atoms with E-state index in [1.807, 2.05) is 43.3 Å². The molecular formula is C10H14N2. The highest BCUT2D eigenvalue weighted by molar-refractivity contribution is 5.35. The van der Waals surface area contributed by atoms with Crippen molar-refractivity contribution in [1.29, 1.82) is 5.26 Å². The van der Waals surface area contributed by atoms with E-state index in [4.69, 9.17) is 11.0 Å². The van der Waals surface area contributed by atoms with Gasteiger partial charge < -0.3 is 5.73 Å². The highest BCUT2D eigenvalue weighted by Gasteiger charge is 1.72. The Hall–Kier alpha value is -1.49. The summed E-state index contributed by atoms with van der Waals surface area (Å²) < 4.78 is 0. The molecule has 0 aliphatic heterocycles. The van der Waals surface area contributed by atoms with E-state index in [0.717, 1.165) is 12.1 Å². The molecule has 1 aromatic carbocycles. The van der Waals surface area contributed by atoms with Gasteiger partial charge in [-0.1, -0.05) is 25.1 Å². The number of benzene rings is 1. The lowest BCUT2D eigenvalue weighted by molar-refractivity contribution is 0.969. The Balaban J connectivity index is 0.000000217. The minimum atomic E-state index is 0.694. The van der Waals surface area contributed by atoms with Gasteiger partial charge in [0, 0.05) is 12.1 Å². The number of nitriles is 1. The maximum Gasteiger partial charge on any atom is 0.0621 e. The number of nitrogens with two attached hydrogens (primary N) is 1. The van der Waals surface area contributed by atoms with Crippen molar-refractivity contribution in [2.45, 2.75) is 19.8 Å². The Bertz CT molecular complexity index is 223. The average molecular weight is 162 g/mol. The van der Waals surface area contributed by atoms with Gasteiger partial charge in [0.05, 0.1) is 6.07 Å². The van der Waals surface area contributed by atoms with Gasteiger partial charge in [-0.05, 0) is 18.6 Å². The minimum absolute atomic E-state index is 0.694. The summed E-state index contributed by atoms with van der Waals surface area (Å²) in [6, 6.07) is 11.5. The van der Waals surface area contributed by atoms with Gasteiger partial charge in [0.1, 0.15) is 0 Å². The summed E-state index contributed by atoms with van der Waals surface area (Å²) >= 11 is 0. The topological polar surface area (TPSA) is 49.8 Å². The first-order valence-electron chi connectivity index (χ1n) is 3.98. The van der Waals surface area contributed by atoms with Gasteiger partial charge in [0.15, 0.2) is 0 Å². The number of para-hydroxylation sites is 1. The maximum absolute atomic E-state index is 7.82. The van der Waals surface area contributed by atoms with Crippen molar-refractivity contribution in [1.82, 2.24) is 0 Å². The van der Waals surface area contributed by atoms with Gasteiger partial charge in [0.25, 0.3) is 0 Å². The van der Waals surface area contributed by atoms with E-state index in [2.05, 4.69) is 0 Å². The van der Waals surface area contributed by atoms with Crippen LogP contribution in [0.2, 0.25) is 0 Å². The standard InChI is InChI=1S/C6H7N.C4H7N/c7-6-4-2-1-3-5-6;1-2-3-4-5/h1-5H,7H2;2-3H2,1H3. The second kappa shape index (κ2) is 7.62. The fraction of sp³-hybridized carbons (Fsp3) is 0.300. The third kappa shape index (κ3) is 6.63. The SMILES string of the molecule is CCCC#N.Nc1ccccc1. The first-order chi connectivity index (χ1) is 5.81. The van der Waals surface area contributed by atoms with Crippen molar-refractivity contribution in [3.63, 3.8) is 0 Å². The number of hydrogen-bond acceptors (Lipinski definition) is 2. The lowest BCUT2D eigenvalue weighted by Crippen LogP contribution is -1.79. The molecule has 0 unspecified atom stereocenters. The minimum Gasteiger partial charge on any atom is -0.399 e. The Morgan fingerprint density at radius 1 is 1.33 bits per heavy atom. The molecule has 0 fully saturated rings. The highest BCUT2D eigenvalue weighted by atomic mass is 14.5. The molecule has 0 atom stereocenters. The van der Waals surface area contributed by atoms with E-state index < -0.39 is 0 Å². The Morgan fingerprint density at radius 3 is 2.08 bits per heavy atom. The molecule has 0 saturated carbocycles. The van der Waals surface area contributed by atoms with E-state index in [0.29, 0.717) is 6.42 Å². The number of hydrogen-bond donors (Lipinski definition) is 1. The van der Waals surface area contributed by atoms with Crippen molar-refractivity contribution in [3.8, 4) is 6.07 Å². The fourth-order valence-electron chi connectivity index (χ4n) is 0.565. The smallest absolute Gasteiger partial charge is 0.0621 e. The van der Waals surface area contributed by atoms with Gasteiger partial charge in [0.2, 0.25) is 0 Å². The third-order valence-electron chi connectivity index (χ3n) is 1.16. The second-order valence-corrected chi connectivity index (χ2v) is 2.32. The van der Waals surface area contributed by atoms with E-state index in [-0.39, 0.29) is 0 Å². The first-order valence-corrected chi connectivity index (χ1v) is 3.98. The van der Waals surface area contributed by atoms with Crippen LogP contribution in [-0.2, 0) is 0 Å². The van der Waals surface area contributed by atoms with Gasteiger partial charge in [-0.25, -0.2) is 0 Å². The summed E-state index contributed by atoms with van der Waals surface area (Å²) in [4.78, 5) is 0. The second-order valence-electron chi connectivity index (χ2n) is 2.32. The summed E-state index contributed by atoms with van der Waals surface area (Å²) in [6.07, 6.45) is 1.68. The quantitative estimate of drug-likeness (QED) is 0.645. The normalized spacial score (nSPS) is 7.67. The number of anilines is 1. The molecule has 2 N–H and O–H groups in total. The Labute approximate surface area is 73.6 Å². The molecule has 12 heavy (non-hydrogen) atoms. The van der Waals surface area contributed by atoms with Crippen LogP contribution in [0, 0.1) is 11.3 Å². The molecular weight excluding hydrogens is 148 g/mol. The van der Waals surface area contributed by atoms with E-state index >= 15 is 0 Å². The summed E-state index contributed by atoms with van der Waals surface area (Å²) in [6.45, 7) is 1.99. The third-order valence-corrected chi connectivity index (χ3v) is 1.16. The molecule has 0 amide bonds. The highest BCUT2D eigenvalue weighted by Crippen LogP contribution is 1.95. The van der Waals surface area contributed by atoms with Crippen molar-refractivity contribution in [3.05, 3.63) is 30.3 Å².